The highest BCUT2D eigenvalue weighted by molar-refractivity contribution is 5.79. The molecule has 1 saturated heterocycles. The van der Waals surface area contributed by atoms with E-state index in [0.29, 0.717) is 25.1 Å². The van der Waals surface area contributed by atoms with Crippen molar-refractivity contribution in [2.45, 2.75) is 38.8 Å². The number of hydrogen-bond donors (Lipinski definition) is 2. The lowest BCUT2D eigenvalue weighted by Gasteiger charge is -2.12. The van der Waals surface area contributed by atoms with E-state index in [1.165, 1.54) is 0 Å². The number of methoxy groups -OCH3 is 1. The molecule has 0 amide bonds. The summed E-state index contributed by atoms with van der Waals surface area (Å²) < 4.78 is 16.3. The summed E-state index contributed by atoms with van der Waals surface area (Å²) in [6.07, 6.45) is 5.29. The Bertz CT molecular complexity index is 502. The molecule has 1 unspecified atom stereocenters. The average molecular weight is 350 g/mol. The van der Waals surface area contributed by atoms with Crippen LogP contribution in [0.3, 0.4) is 0 Å². The van der Waals surface area contributed by atoms with Gasteiger partial charge in [-0.2, -0.15) is 0 Å². The summed E-state index contributed by atoms with van der Waals surface area (Å²) in [4.78, 5) is 8.76. The lowest BCUT2D eigenvalue weighted by atomic mass is 10.2. The van der Waals surface area contributed by atoms with Crippen molar-refractivity contribution in [3.05, 3.63) is 23.9 Å². The first-order valence-electron chi connectivity index (χ1n) is 9.02. The topological polar surface area (TPSA) is 77.0 Å². The molecule has 1 aliphatic heterocycles. The number of rotatable bonds is 10. The second kappa shape index (κ2) is 11.7. The first kappa shape index (κ1) is 19.5. The Kier molecular flexibility index (Phi) is 9.07. The van der Waals surface area contributed by atoms with Gasteiger partial charge in [-0.1, -0.05) is 6.07 Å². The molecule has 7 nitrogen and oxygen atoms in total. The van der Waals surface area contributed by atoms with E-state index in [1.54, 1.807) is 13.3 Å². The fraction of sp³-hybridized carbons (Fsp3) is 0.667. The van der Waals surface area contributed by atoms with Crippen LogP contribution >= 0.6 is 0 Å². The largest absolute Gasteiger partial charge is 0.481 e. The predicted octanol–water partition coefficient (Wildman–Crippen LogP) is 1.73. The third-order valence-electron chi connectivity index (χ3n) is 3.86. The van der Waals surface area contributed by atoms with Gasteiger partial charge in [0.1, 0.15) is 0 Å². The van der Waals surface area contributed by atoms with E-state index < -0.39 is 0 Å². The average Bonchev–Trinajstić information content (AvgIpc) is 3.16. The molecule has 0 aliphatic carbocycles. The van der Waals surface area contributed by atoms with Crippen LogP contribution in [-0.2, 0) is 16.0 Å². The van der Waals surface area contributed by atoms with E-state index in [0.717, 1.165) is 57.1 Å². The van der Waals surface area contributed by atoms with Crippen LogP contribution in [0.15, 0.2) is 23.3 Å². The van der Waals surface area contributed by atoms with Gasteiger partial charge in [0.15, 0.2) is 5.96 Å². The highest BCUT2D eigenvalue weighted by Gasteiger charge is 2.14. The molecule has 1 aliphatic rings. The molecule has 7 heteroatoms. The van der Waals surface area contributed by atoms with Gasteiger partial charge in [0.25, 0.3) is 0 Å². The molecule has 0 bridgehead atoms. The van der Waals surface area contributed by atoms with Crippen LogP contribution in [0.1, 0.15) is 31.7 Å². The summed E-state index contributed by atoms with van der Waals surface area (Å²) in [7, 11) is 1.61. The molecule has 1 aromatic rings. The summed E-state index contributed by atoms with van der Waals surface area (Å²) in [6, 6.07) is 3.81. The Balaban J connectivity index is 1.64. The van der Waals surface area contributed by atoms with Gasteiger partial charge in [0.2, 0.25) is 5.88 Å². The maximum absolute atomic E-state index is 5.67. The molecule has 1 atom stereocenters. The van der Waals surface area contributed by atoms with Crippen molar-refractivity contribution in [2.24, 2.45) is 4.99 Å². The van der Waals surface area contributed by atoms with Crippen molar-refractivity contribution in [1.29, 1.82) is 0 Å². The zero-order valence-corrected chi connectivity index (χ0v) is 15.3. The van der Waals surface area contributed by atoms with Crippen LogP contribution in [-0.4, -0.2) is 57.1 Å². The van der Waals surface area contributed by atoms with Crippen LogP contribution < -0.4 is 15.4 Å². The molecule has 2 heterocycles. The quantitative estimate of drug-likeness (QED) is 0.380. The van der Waals surface area contributed by atoms with Gasteiger partial charge in [-0.25, -0.2) is 9.98 Å². The van der Waals surface area contributed by atoms with Crippen LogP contribution in [0.25, 0.3) is 0 Å². The lowest BCUT2D eigenvalue weighted by molar-refractivity contribution is 0.0168. The van der Waals surface area contributed by atoms with Gasteiger partial charge in [0, 0.05) is 38.6 Å². The van der Waals surface area contributed by atoms with Crippen LogP contribution in [0, 0.1) is 0 Å². The van der Waals surface area contributed by atoms with Crippen LogP contribution in [0.2, 0.25) is 0 Å². The molecule has 2 N–H and O–H groups in total. The Hall–Kier alpha value is -1.86. The Labute approximate surface area is 150 Å². The van der Waals surface area contributed by atoms with Crippen molar-refractivity contribution in [1.82, 2.24) is 15.6 Å². The fourth-order valence-corrected chi connectivity index (χ4v) is 2.51. The standard InChI is InChI=1S/C18H30N4O3/c1-3-19-18(22-13-15-7-8-17(23-2)21-12-15)20-9-5-10-24-14-16-6-4-11-25-16/h7-8,12,16H,3-6,9-11,13-14H2,1-2H3,(H2,19,20,22). The van der Waals surface area contributed by atoms with Gasteiger partial charge in [-0.05, 0) is 31.7 Å². The van der Waals surface area contributed by atoms with E-state index in [1.807, 2.05) is 12.1 Å². The molecule has 0 spiro atoms. The minimum atomic E-state index is 0.296. The molecule has 25 heavy (non-hydrogen) atoms. The minimum Gasteiger partial charge on any atom is -0.481 e. The summed E-state index contributed by atoms with van der Waals surface area (Å²) in [5.74, 6) is 1.42. The molecule has 1 aromatic heterocycles. The maximum atomic E-state index is 5.67. The van der Waals surface area contributed by atoms with Crippen molar-refractivity contribution in [2.75, 3.05) is 40.0 Å². The SMILES string of the molecule is CCNC(=NCc1ccc(OC)nc1)NCCCOCC1CCCO1. The first-order chi connectivity index (χ1) is 12.3. The van der Waals surface area contributed by atoms with E-state index in [-0.39, 0.29) is 0 Å². The molecule has 0 saturated carbocycles. The second-order valence-corrected chi connectivity index (χ2v) is 5.89. The van der Waals surface area contributed by atoms with Crippen molar-refractivity contribution < 1.29 is 14.2 Å². The normalized spacial score (nSPS) is 17.5. The molecule has 0 aromatic carbocycles. The molecule has 0 radical (unpaired) electrons. The van der Waals surface area contributed by atoms with Crippen LogP contribution in [0.5, 0.6) is 5.88 Å². The molecule has 140 valence electrons. The lowest BCUT2D eigenvalue weighted by Crippen LogP contribution is -2.38. The summed E-state index contributed by atoms with van der Waals surface area (Å²) in [5.41, 5.74) is 1.04. The maximum Gasteiger partial charge on any atom is 0.212 e. The van der Waals surface area contributed by atoms with Gasteiger partial charge in [-0.15, -0.1) is 0 Å². The summed E-state index contributed by atoms with van der Waals surface area (Å²) >= 11 is 0. The van der Waals surface area contributed by atoms with Crippen LogP contribution in [0.4, 0.5) is 0 Å². The van der Waals surface area contributed by atoms with Gasteiger partial charge in [0.05, 0.1) is 26.4 Å². The van der Waals surface area contributed by atoms with Crippen molar-refractivity contribution >= 4 is 5.96 Å². The summed E-state index contributed by atoms with van der Waals surface area (Å²) in [6.45, 7) is 6.58. The number of pyridine rings is 1. The number of nitrogens with zero attached hydrogens (tertiary/aromatic N) is 2. The highest BCUT2D eigenvalue weighted by Crippen LogP contribution is 2.11. The van der Waals surface area contributed by atoms with E-state index in [9.17, 15) is 0 Å². The highest BCUT2D eigenvalue weighted by atomic mass is 16.5. The van der Waals surface area contributed by atoms with Gasteiger partial charge < -0.3 is 24.8 Å². The number of ether oxygens (including phenoxy) is 3. The van der Waals surface area contributed by atoms with E-state index in [2.05, 4.69) is 27.5 Å². The Morgan fingerprint density at radius 3 is 3.00 bits per heavy atom. The van der Waals surface area contributed by atoms with Gasteiger partial charge >= 0.3 is 0 Å². The fourth-order valence-electron chi connectivity index (χ4n) is 2.51. The Morgan fingerprint density at radius 2 is 2.32 bits per heavy atom. The number of hydrogen-bond acceptors (Lipinski definition) is 5. The smallest absolute Gasteiger partial charge is 0.212 e. The van der Waals surface area contributed by atoms with Gasteiger partial charge in [-0.3, -0.25) is 0 Å². The van der Waals surface area contributed by atoms with Crippen molar-refractivity contribution in [3.8, 4) is 5.88 Å². The Morgan fingerprint density at radius 1 is 1.40 bits per heavy atom. The zero-order valence-electron chi connectivity index (χ0n) is 15.3. The molecule has 1 fully saturated rings. The number of guanidine groups is 1. The predicted molar refractivity (Wildman–Crippen MR) is 98.0 cm³/mol. The number of aromatic nitrogens is 1. The number of aliphatic imine (C=N–C) groups is 1. The third-order valence-corrected chi connectivity index (χ3v) is 3.86. The molecular formula is C18H30N4O3. The third kappa shape index (κ3) is 7.70. The molecular weight excluding hydrogens is 320 g/mol. The zero-order chi connectivity index (χ0) is 17.7. The van der Waals surface area contributed by atoms with Crippen molar-refractivity contribution in [3.63, 3.8) is 0 Å². The summed E-state index contributed by atoms with van der Waals surface area (Å²) in [5, 5.41) is 6.57. The number of nitrogens with one attached hydrogen (secondary N) is 2. The minimum absolute atomic E-state index is 0.296. The van der Waals surface area contributed by atoms with E-state index in [4.69, 9.17) is 14.2 Å². The monoisotopic (exact) mass is 350 g/mol. The van der Waals surface area contributed by atoms with E-state index >= 15 is 0 Å². The second-order valence-electron chi connectivity index (χ2n) is 5.89. The first-order valence-corrected chi connectivity index (χ1v) is 9.02. The molecule has 2 rings (SSSR count).